The average molecular weight is 318 g/mol. The molecule has 1 fully saturated rings. The number of carbonyl (C=O) groups is 2. The van der Waals surface area contributed by atoms with Crippen molar-refractivity contribution in [3.8, 4) is 0 Å². The minimum atomic E-state index is -0.531. The van der Waals surface area contributed by atoms with Crippen LogP contribution in [0.15, 0.2) is 27.4 Å². The van der Waals surface area contributed by atoms with Gasteiger partial charge in [0.1, 0.15) is 0 Å². The van der Waals surface area contributed by atoms with E-state index in [1.54, 1.807) is 23.1 Å². The van der Waals surface area contributed by atoms with Crippen molar-refractivity contribution in [2.24, 2.45) is 5.73 Å². The number of amides is 2. The number of nitrogens with zero attached hydrogens (tertiary/aromatic N) is 2. The first-order chi connectivity index (χ1) is 11.0. The molecule has 1 aliphatic heterocycles. The zero-order valence-corrected chi connectivity index (χ0v) is 12.6. The van der Waals surface area contributed by atoms with E-state index in [9.17, 15) is 14.4 Å². The number of oxazole rings is 1. The summed E-state index contributed by atoms with van der Waals surface area (Å²) in [7, 11) is 0. The number of benzene rings is 1. The van der Waals surface area contributed by atoms with Gasteiger partial charge in [-0.3, -0.25) is 14.7 Å². The number of piperazine rings is 1. The highest BCUT2D eigenvalue weighted by Crippen LogP contribution is 2.14. The fourth-order valence-electron chi connectivity index (χ4n) is 2.71. The van der Waals surface area contributed by atoms with Crippen molar-refractivity contribution >= 4 is 22.9 Å². The Balaban J connectivity index is 1.56. The van der Waals surface area contributed by atoms with Crippen LogP contribution in [0.25, 0.3) is 11.1 Å². The molecule has 8 heteroatoms. The molecular formula is C15H18N4O4. The number of rotatable bonds is 4. The number of nitrogens with two attached hydrogens (primary N) is 1. The quantitative estimate of drug-likeness (QED) is 0.792. The second-order valence-corrected chi connectivity index (χ2v) is 5.57. The summed E-state index contributed by atoms with van der Waals surface area (Å²) in [5.41, 5.74) is 6.73. The Morgan fingerprint density at radius 1 is 1.22 bits per heavy atom. The highest BCUT2D eigenvalue weighted by atomic mass is 16.4. The van der Waals surface area contributed by atoms with E-state index in [0.29, 0.717) is 55.8 Å². The number of carbonyl (C=O) groups excluding carboxylic acids is 2. The summed E-state index contributed by atoms with van der Waals surface area (Å²) in [4.78, 5) is 40.7. The molecule has 3 rings (SSSR count). The van der Waals surface area contributed by atoms with Crippen LogP contribution in [0.2, 0.25) is 0 Å². The summed E-state index contributed by atoms with van der Waals surface area (Å²) in [6, 6.07) is 4.53. The highest BCUT2D eigenvalue weighted by molar-refractivity contribution is 5.98. The molecule has 23 heavy (non-hydrogen) atoms. The SMILES string of the molecule is NC(=O)N1CCN(CCC(=O)c2ccc3[nH]c(=O)oc3c2)CC1. The second kappa shape index (κ2) is 6.25. The molecule has 0 saturated carbocycles. The second-order valence-electron chi connectivity index (χ2n) is 5.57. The van der Waals surface area contributed by atoms with Gasteiger partial charge in [0.05, 0.1) is 5.52 Å². The molecule has 1 aliphatic rings. The molecule has 0 radical (unpaired) electrons. The van der Waals surface area contributed by atoms with Crippen molar-refractivity contribution in [2.45, 2.75) is 6.42 Å². The smallest absolute Gasteiger partial charge is 0.408 e. The molecule has 1 aromatic carbocycles. The Labute approximate surface area is 131 Å². The Morgan fingerprint density at radius 3 is 2.65 bits per heavy atom. The Bertz CT molecular complexity index is 786. The maximum Gasteiger partial charge on any atom is 0.417 e. The number of hydrogen-bond donors (Lipinski definition) is 2. The normalized spacial score (nSPS) is 15.9. The van der Waals surface area contributed by atoms with E-state index in [-0.39, 0.29) is 5.78 Å². The third-order valence-corrected chi connectivity index (χ3v) is 4.08. The monoisotopic (exact) mass is 318 g/mol. The third kappa shape index (κ3) is 3.42. The standard InChI is InChI=1S/C15H18N4O4/c16-14(21)19-7-5-18(6-8-19)4-3-12(20)10-1-2-11-13(9-10)23-15(22)17-11/h1-2,9H,3-8H2,(H2,16,21)(H,17,22). The molecule has 3 N–H and O–H groups in total. The number of urea groups is 1. The zero-order chi connectivity index (χ0) is 16.4. The first-order valence-corrected chi connectivity index (χ1v) is 7.46. The van der Waals surface area contributed by atoms with Crippen LogP contribution in [-0.2, 0) is 0 Å². The first kappa shape index (κ1) is 15.3. The van der Waals surface area contributed by atoms with Crippen LogP contribution in [-0.4, -0.2) is 59.3 Å². The molecule has 0 bridgehead atoms. The van der Waals surface area contributed by atoms with Crippen molar-refractivity contribution in [3.63, 3.8) is 0 Å². The summed E-state index contributed by atoms with van der Waals surface area (Å²) in [6.45, 7) is 3.22. The van der Waals surface area contributed by atoms with Crippen molar-refractivity contribution in [1.29, 1.82) is 0 Å². The predicted octanol–water partition coefficient (Wildman–Crippen LogP) is 0.390. The zero-order valence-electron chi connectivity index (χ0n) is 12.6. The van der Waals surface area contributed by atoms with Gasteiger partial charge < -0.3 is 15.1 Å². The molecule has 8 nitrogen and oxygen atoms in total. The summed E-state index contributed by atoms with van der Waals surface area (Å²) in [6.07, 6.45) is 0.372. The van der Waals surface area contributed by atoms with Gasteiger partial charge in [0.15, 0.2) is 11.4 Å². The van der Waals surface area contributed by atoms with Gasteiger partial charge in [-0.15, -0.1) is 0 Å². The summed E-state index contributed by atoms with van der Waals surface area (Å²) >= 11 is 0. The molecule has 0 spiro atoms. The molecule has 0 atom stereocenters. The lowest BCUT2D eigenvalue weighted by Crippen LogP contribution is -2.50. The number of Topliss-reactive ketones (excluding diaryl/α,β-unsaturated/α-hetero) is 1. The Kier molecular flexibility index (Phi) is 4.16. The number of primary amides is 1. The van der Waals surface area contributed by atoms with Crippen LogP contribution in [0, 0.1) is 0 Å². The third-order valence-electron chi connectivity index (χ3n) is 4.08. The molecule has 2 amide bonds. The van der Waals surface area contributed by atoms with Crippen LogP contribution < -0.4 is 11.5 Å². The summed E-state index contributed by atoms with van der Waals surface area (Å²) in [5.74, 6) is -0.537. The molecule has 0 unspecified atom stereocenters. The predicted molar refractivity (Wildman–Crippen MR) is 83.4 cm³/mol. The molecule has 2 aromatic rings. The van der Waals surface area contributed by atoms with E-state index in [1.165, 1.54) is 0 Å². The molecule has 1 saturated heterocycles. The topological polar surface area (TPSA) is 113 Å². The van der Waals surface area contributed by atoms with Crippen LogP contribution in [0.1, 0.15) is 16.8 Å². The van der Waals surface area contributed by atoms with Gasteiger partial charge in [0.25, 0.3) is 0 Å². The number of H-pyrrole nitrogens is 1. The van der Waals surface area contributed by atoms with Crippen LogP contribution in [0.4, 0.5) is 4.79 Å². The number of nitrogens with one attached hydrogen (secondary N) is 1. The summed E-state index contributed by atoms with van der Waals surface area (Å²) in [5, 5.41) is 0. The number of hydrogen-bond acceptors (Lipinski definition) is 5. The van der Waals surface area contributed by atoms with E-state index >= 15 is 0 Å². The Morgan fingerprint density at radius 2 is 1.96 bits per heavy atom. The van der Waals surface area contributed by atoms with E-state index in [0.717, 1.165) is 0 Å². The van der Waals surface area contributed by atoms with Gasteiger partial charge in [-0.1, -0.05) is 0 Å². The largest absolute Gasteiger partial charge is 0.417 e. The molecule has 122 valence electrons. The fourth-order valence-corrected chi connectivity index (χ4v) is 2.71. The van der Waals surface area contributed by atoms with Gasteiger partial charge in [-0.05, 0) is 18.2 Å². The minimum absolute atomic E-state index is 0.00641. The lowest BCUT2D eigenvalue weighted by molar-refractivity contribution is 0.0941. The molecule has 2 heterocycles. The van der Waals surface area contributed by atoms with Crippen LogP contribution in [0.5, 0.6) is 0 Å². The number of fused-ring (bicyclic) bond motifs is 1. The van der Waals surface area contributed by atoms with E-state index in [1.807, 2.05) is 0 Å². The fraction of sp³-hybridized carbons (Fsp3) is 0.400. The van der Waals surface area contributed by atoms with Crippen molar-refractivity contribution < 1.29 is 14.0 Å². The lowest BCUT2D eigenvalue weighted by Gasteiger charge is -2.33. The number of aromatic amines is 1. The van der Waals surface area contributed by atoms with E-state index in [4.69, 9.17) is 10.2 Å². The van der Waals surface area contributed by atoms with Gasteiger partial charge in [-0.25, -0.2) is 9.59 Å². The van der Waals surface area contributed by atoms with Gasteiger partial charge in [-0.2, -0.15) is 0 Å². The van der Waals surface area contributed by atoms with Gasteiger partial charge >= 0.3 is 11.8 Å². The highest BCUT2D eigenvalue weighted by Gasteiger charge is 2.19. The van der Waals surface area contributed by atoms with E-state index in [2.05, 4.69) is 9.88 Å². The summed E-state index contributed by atoms with van der Waals surface area (Å²) < 4.78 is 4.96. The Hall–Kier alpha value is -2.61. The van der Waals surface area contributed by atoms with Gasteiger partial charge in [0, 0.05) is 44.7 Å². The molecule has 0 aliphatic carbocycles. The first-order valence-electron chi connectivity index (χ1n) is 7.46. The van der Waals surface area contributed by atoms with Crippen LogP contribution in [0.3, 0.4) is 0 Å². The maximum absolute atomic E-state index is 12.3. The van der Waals surface area contributed by atoms with Crippen molar-refractivity contribution in [1.82, 2.24) is 14.8 Å². The minimum Gasteiger partial charge on any atom is -0.408 e. The van der Waals surface area contributed by atoms with Gasteiger partial charge in [0.2, 0.25) is 0 Å². The van der Waals surface area contributed by atoms with Crippen molar-refractivity contribution in [3.05, 3.63) is 34.3 Å². The molecule has 1 aromatic heterocycles. The van der Waals surface area contributed by atoms with Crippen LogP contribution >= 0.6 is 0 Å². The van der Waals surface area contributed by atoms with E-state index < -0.39 is 11.8 Å². The number of ketones is 1. The maximum atomic E-state index is 12.3. The number of aromatic nitrogens is 1. The molecular weight excluding hydrogens is 300 g/mol. The average Bonchev–Trinajstić information content (AvgIpc) is 2.92. The lowest BCUT2D eigenvalue weighted by atomic mass is 10.1. The van der Waals surface area contributed by atoms with Crippen molar-refractivity contribution in [2.75, 3.05) is 32.7 Å².